The zero-order valence-electron chi connectivity index (χ0n) is 19.3. The Bertz CT molecular complexity index is 968. The first-order valence-electron chi connectivity index (χ1n) is 11.1. The van der Waals surface area contributed by atoms with Crippen LogP contribution in [-0.2, 0) is 4.74 Å². The van der Waals surface area contributed by atoms with Gasteiger partial charge in [-0.15, -0.1) is 0 Å². The Morgan fingerprint density at radius 3 is 2.38 bits per heavy atom. The summed E-state index contributed by atoms with van der Waals surface area (Å²) in [5.74, 6) is -0.492. The molecule has 0 saturated heterocycles. The number of anilines is 3. The fourth-order valence-corrected chi connectivity index (χ4v) is 3.98. The smallest absolute Gasteiger partial charge is 0.407 e. The molecule has 1 saturated carbocycles. The largest absolute Gasteiger partial charge is 0.444 e. The first-order chi connectivity index (χ1) is 15.1. The number of carbonyl (C=O) groups is 2. The highest BCUT2D eigenvalue weighted by Gasteiger charge is 2.28. The van der Waals surface area contributed by atoms with Crippen molar-refractivity contribution in [3.63, 3.8) is 0 Å². The molecule has 3 rings (SSSR count). The topological polar surface area (TPSA) is 105 Å². The van der Waals surface area contributed by atoms with Gasteiger partial charge in [-0.3, -0.25) is 4.79 Å². The van der Waals surface area contributed by atoms with E-state index >= 15 is 0 Å². The molecule has 32 heavy (non-hydrogen) atoms. The van der Waals surface area contributed by atoms with E-state index in [1.165, 1.54) is 0 Å². The van der Waals surface area contributed by atoms with Crippen LogP contribution in [0.4, 0.5) is 21.9 Å². The van der Waals surface area contributed by atoms with Gasteiger partial charge in [0.25, 0.3) is 5.91 Å². The molecule has 0 aliphatic heterocycles. The standard InChI is InChI=1S/C25H34N4O3/c1-16-8-7-9-17(14-16)28-22-15-18(12-13-19(22)23(26)30)27-20-10-5-6-11-21(20)29-24(31)32-25(2,3)4/h7-9,12-15,20-21,27-28H,5-6,10-11H2,1-4H3,(H2,26,30)(H,29,31)/t20-,21+/m1/s1. The van der Waals surface area contributed by atoms with E-state index in [0.717, 1.165) is 42.6 Å². The lowest BCUT2D eigenvalue weighted by molar-refractivity contribution is 0.0488. The molecular formula is C25H34N4O3. The minimum Gasteiger partial charge on any atom is -0.444 e. The lowest BCUT2D eigenvalue weighted by atomic mass is 9.90. The summed E-state index contributed by atoms with van der Waals surface area (Å²) in [7, 11) is 0. The van der Waals surface area contributed by atoms with Crippen molar-refractivity contribution in [2.45, 2.75) is 71.1 Å². The third-order valence-corrected chi connectivity index (χ3v) is 5.40. The summed E-state index contributed by atoms with van der Waals surface area (Å²) < 4.78 is 5.44. The number of nitrogens with one attached hydrogen (secondary N) is 3. The minimum absolute atomic E-state index is 0.0393. The zero-order valence-corrected chi connectivity index (χ0v) is 19.3. The summed E-state index contributed by atoms with van der Waals surface area (Å²) in [6.45, 7) is 7.57. The highest BCUT2D eigenvalue weighted by Crippen LogP contribution is 2.28. The highest BCUT2D eigenvalue weighted by molar-refractivity contribution is 6.00. The fraction of sp³-hybridized carbons (Fsp3) is 0.440. The molecule has 1 aliphatic carbocycles. The number of rotatable bonds is 6. The molecule has 2 atom stereocenters. The molecule has 2 aromatic carbocycles. The molecule has 0 radical (unpaired) electrons. The molecule has 1 fully saturated rings. The predicted octanol–water partition coefficient (Wildman–Crippen LogP) is 5.09. The summed E-state index contributed by atoms with van der Waals surface area (Å²) in [5.41, 5.74) is 8.97. The first-order valence-corrected chi connectivity index (χ1v) is 11.1. The molecule has 1 aliphatic rings. The number of hydrogen-bond donors (Lipinski definition) is 4. The van der Waals surface area contributed by atoms with Crippen molar-refractivity contribution in [1.82, 2.24) is 5.32 Å². The lowest BCUT2D eigenvalue weighted by Gasteiger charge is -2.34. The molecule has 172 valence electrons. The SMILES string of the molecule is Cc1cccc(Nc2cc(N[C@@H]3CCCC[C@@H]3NC(=O)OC(C)(C)C)ccc2C(N)=O)c1. The van der Waals surface area contributed by atoms with E-state index in [9.17, 15) is 9.59 Å². The molecule has 0 heterocycles. The van der Waals surface area contributed by atoms with Crippen molar-refractivity contribution < 1.29 is 14.3 Å². The van der Waals surface area contributed by atoms with Crippen LogP contribution >= 0.6 is 0 Å². The number of benzene rings is 2. The molecule has 0 bridgehead atoms. The van der Waals surface area contributed by atoms with Gasteiger partial charge in [-0.25, -0.2) is 4.79 Å². The Balaban J connectivity index is 1.77. The summed E-state index contributed by atoms with van der Waals surface area (Å²) in [6.07, 6.45) is 3.54. The average molecular weight is 439 g/mol. The van der Waals surface area contributed by atoms with E-state index in [0.29, 0.717) is 11.3 Å². The second-order valence-corrected chi connectivity index (χ2v) is 9.41. The first kappa shape index (κ1) is 23.4. The van der Waals surface area contributed by atoms with Crippen LogP contribution in [0.25, 0.3) is 0 Å². The van der Waals surface area contributed by atoms with Crippen LogP contribution in [0.3, 0.4) is 0 Å². The monoisotopic (exact) mass is 438 g/mol. The van der Waals surface area contributed by atoms with Crippen LogP contribution < -0.4 is 21.7 Å². The van der Waals surface area contributed by atoms with Crippen LogP contribution in [0, 0.1) is 6.92 Å². The Morgan fingerprint density at radius 2 is 1.72 bits per heavy atom. The third-order valence-electron chi connectivity index (χ3n) is 5.40. The molecule has 5 N–H and O–H groups in total. The normalized spacial score (nSPS) is 18.5. The Hall–Kier alpha value is -3.22. The fourth-order valence-electron chi connectivity index (χ4n) is 3.98. The van der Waals surface area contributed by atoms with Crippen molar-refractivity contribution in [2.24, 2.45) is 5.73 Å². The van der Waals surface area contributed by atoms with E-state index < -0.39 is 17.6 Å². The van der Waals surface area contributed by atoms with Crippen molar-refractivity contribution in [3.8, 4) is 0 Å². The number of alkyl carbamates (subject to hydrolysis) is 1. The quantitative estimate of drug-likeness (QED) is 0.503. The van der Waals surface area contributed by atoms with Gasteiger partial charge in [0.05, 0.1) is 17.3 Å². The van der Waals surface area contributed by atoms with Gasteiger partial charge in [0.15, 0.2) is 0 Å². The lowest BCUT2D eigenvalue weighted by Crippen LogP contribution is -2.49. The van der Waals surface area contributed by atoms with E-state index in [1.807, 2.05) is 64.1 Å². The number of ether oxygens (including phenoxy) is 1. The number of carbonyl (C=O) groups excluding carboxylic acids is 2. The van der Waals surface area contributed by atoms with Crippen molar-refractivity contribution in [2.75, 3.05) is 10.6 Å². The number of amides is 2. The predicted molar refractivity (Wildman–Crippen MR) is 128 cm³/mol. The molecule has 0 unspecified atom stereocenters. The molecule has 7 heteroatoms. The van der Waals surface area contributed by atoms with Crippen LogP contribution in [0.5, 0.6) is 0 Å². The van der Waals surface area contributed by atoms with Crippen molar-refractivity contribution in [3.05, 3.63) is 53.6 Å². The van der Waals surface area contributed by atoms with Crippen LogP contribution in [0.1, 0.15) is 62.4 Å². The second-order valence-electron chi connectivity index (χ2n) is 9.41. The zero-order chi connectivity index (χ0) is 23.3. The number of nitrogens with two attached hydrogens (primary N) is 1. The van der Waals surface area contributed by atoms with Crippen molar-refractivity contribution >= 4 is 29.1 Å². The Morgan fingerprint density at radius 1 is 1.00 bits per heavy atom. The van der Waals surface area contributed by atoms with Gasteiger partial charge in [0.1, 0.15) is 5.60 Å². The van der Waals surface area contributed by atoms with Crippen molar-refractivity contribution in [1.29, 1.82) is 0 Å². The van der Waals surface area contributed by atoms with Crippen LogP contribution in [0.15, 0.2) is 42.5 Å². The molecular weight excluding hydrogens is 404 g/mol. The second kappa shape index (κ2) is 9.94. The van der Waals surface area contributed by atoms with Gasteiger partial charge < -0.3 is 26.4 Å². The van der Waals surface area contributed by atoms with Gasteiger partial charge in [-0.2, -0.15) is 0 Å². The molecule has 2 aromatic rings. The number of aryl methyl sites for hydroxylation is 1. The van der Waals surface area contributed by atoms with Crippen LogP contribution in [-0.4, -0.2) is 29.7 Å². The van der Waals surface area contributed by atoms with Gasteiger partial charge in [0.2, 0.25) is 0 Å². The minimum atomic E-state index is -0.539. The van der Waals surface area contributed by atoms with E-state index in [-0.39, 0.29) is 12.1 Å². The van der Waals surface area contributed by atoms with Gasteiger partial charge >= 0.3 is 6.09 Å². The summed E-state index contributed by atoms with van der Waals surface area (Å²) >= 11 is 0. The van der Waals surface area contributed by atoms with Gasteiger partial charge in [-0.05, 0) is 76.4 Å². The summed E-state index contributed by atoms with van der Waals surface area (Å²) in [5, 5.41) is 9.87. The van der Waals surface area contributed by atoms with Crippen LogP contribution in [0.2, 0.25) is 0 Å². The molecule has 2 amide bonds. The van der Waals surface area contributed by atoms with E-state index in [4.69, 9.17) is 10.5 Å². The Labute approximate surface area is 190 Å². The molecule has 7 nitrogen and oxygen atoms in total. The summed E-state index contributed by atoms with van der Waals surface area (Å²) in [4.78, 5) is 24.3. The van der Waals surface area contributed by atoms with Gasteiger partial charge in [-0.1, -0.05) is 25.0 Å². The summed E-state index contributed by atoms with van der Waals surface area (Å²) in [6, 6.07) is 13.4. The average Bonchev–Trinajstić information content (AvgIpc) is 2.68. The highest BCUT2D eigenvalue weighted by atomic mass is 16.6. The third kappa shape index (κ3) is 6.64. The van der Waals surface area contributed by atoms with E-state index in [1.54, 1.807) is 6.07 Å². The van der Waals surface area contributed by atoms with Gasteiger partial charge in [0, 0.05) is 17.4 Å². The molecule has 0 spiro atoms. The molecule has 0 aromatic heterocycles. The maximum atomic E-state index is 12.3. The number of primary amides is 1. The number of hydrogen-bond acceptors (Lipinski definition) is 5. The Kier molecular flexibility index (Phi) is 7.28. The maximum absolute atomic E-state index is 12.3. The maximum Gasteiger partial charge on any atom is 0.407 e. The van der Waals surface area contributed by atoms with E-state index in [2.05, 4.69) is 16.0 Å².